The summed E-state index contributed by atoms with van der Waals surface area (Å²) in [6.45, 7) is 5.66. The van der Waals surface area contributed by atoms with E-state index in [0.29, 0.717) is 64.2 Å². The van der Waals surface area contributed by atoms with Crippen molar-refractivity contribution in [3.05, 3.63) is 51.6 Å². The number of ether oxygens (including phenoxy) is 5. The van der Waals surface area contributed by atoms with Gasteiger partial charge in [-0.05, 0) is 42.2 Å². The first-order valence-corrected chi connectivity index (χ1v) is 13.4. The van der Waals surface area contributed by atoms with Crippen LogP contribution in [0.25, 0.3) is 0 Å². The van der Waals surface area contributed by atoms with E-state index < -0.39 is 5.69 Å². The van der Waals surface area contributed by atoms with Gasteiger partial charge in [0.25, 0.3) is 0 Å². The predicted octanol–water partition coefficient (Wildman–Crippen LogP) is 1.83. The average molecular weight is 546 g/mol. The molecular weight excluding hydrogens is 510 g/mol. The highest BCUT2D eigenvalue weighted by atomic mass is 32.2. The van der Waals surface area contributed by atoms with Gasteiger partial charge < -0.3 is 33.6 Å². The molecule has 1 aliphatic rings. The Morgan fingerprint density at radius 2 is 1.84 bits per heavy atom. The third-order valence-electron chi connectivity index (χ3n) is 5.88. The monoisotopic (exact) mass is 545 g/mol. The molecule has 0 bridgehead atoms. The molecule has 3 rings (SSSR count). The highest BCUT2D eigenvalue weighted by Crippen LogP contribution is 2.28. The largest absolute Gasteiger partial charge is 0.497 e. The fourth-order valence-electron chi connectivity index (χ4n) is 3.91. The second kappa shape index (κ2) is 16.2. The van der Waals surface area contributed by atoms with Gasteiger partial charge in [-0.3, -0.25) is 4.79 Å². The Bertz CT molecular complexity index is 1130. The molecule has 0 unspecified atom stereocenters. The normalized spacial score (nSPS) is 14.7. The quantitative estimate of drug-likeness (QED) is 0.146. The van der Waals surface area contributed by atoms with E-state index in [1.165, 1.54) is 18.0 Å². The number of nitrogens with one attached hydrogen (secondary N) is 1. The number of fused-ring (bicyclic) bond motifs is 1. The maximum atomic E-state index is 13.3. The first-order chi connectivity index (χ1) is 18.5. The van der Waals surface area contributed by atoms with Gasteiger partial charge in [0.2, 0.25) is 5.91 Å². The molecule has 206 valence electrons. The molecule has 0 spiro atoms. The summed E-state index contributed by atoms with van der Waals surface area (Å²) in [7, 11) is 1.64. The van der Waals surface area contributed by atoms with E-state index in [1.54, 1.807) is 7.11 Å². The van der Waals surface area contributed by atoms with Crippen molar-refractivity contribution in [3.63, 3.8) is 0 Å². The van der Waals surface area contributed by atoms with Crippen LogP contribution < -0.4 is 10.4 Å². The number of H-pyrrole nitrogens is 1. The molecule has 0 saturated heterocycles. The van der Waals surface area contributed by atoms with Crippen LogP contribution in [0.3, 0.4) is 0 Å². The molecule has 0 fully saturated rings. The first-order valence-electron chi connectivity index (χ1n) is 12.4. The van der Waals surface area contributed by atoms with E-state index in [0.717, 1.165) is 22.4 Å². The van der Waals surface area contributed by atoms with Crippen LogP contribution in [-0.2, 0) is 36.7 Å². The van der Waals surface area contributed by atoms with Crippen LogP contribution >= 0.6 is 11.8 Å². The summed E-state index contributed by atoms with van der Waals surface area (Å²) in [5, 5.41) is 0.648. The van der Waals surface area contributed by atoms with E-state index in [2.05, 4.69) is 15.9 Å². The van der Waals surface area contributed by atoms with Crippen molar-refractivity contribution in [2.24, 2.45) is 0 Å². The zero-order chi connectivity index (χ0) is 27.2. The van der Waals surface area contributed by atoms with E-state index in [4.69, 9.17) is 30.1 Å². The van der Waals surface area contributed by atoms with E-state index in [1.807, 2.05) is 30.0 Å². The number of hydrogen-bond acceptors (Lipinski definition) is 9. The van der Waals surface area contributed by atoms with Gasteiger partial charge >= 0.3 is 5.69 Å². The minimum atomic E-state index is -0.430. The Hall–Kier alpha value is -2.88. The topological polar surface area (TPSA) is 112 Å². The smallest absolute Gasteiger partial charge is 0.345 e. The summed E-state index contributed by atoms with van der Waals surface area (Å²) in [6, 6.07) is 5.79. The maximum Gasteiger partial charge on any atom is 0.345 e. The number of benzene rings is 1. The SMILES string of the molecule is C#CCOCCOCCOCCOC[C@H]1Cc2cc(OC)ccc2CN1C(=O)CSc1[nH]c(=O)ncc1C. The Balaban J connectivity index is 1.49. The molecule has 1 aromatic heterocycles. The number of carbonyl (C=O) groups excluding carboxylic acids is 1. The maximum absolute atomic E-state index is 13.3. The number of hydrogen-bond donors (Lipinski definition) is 1. The van der Waals surface area contributed by atoms with Crippen molar-refractivity contribution in [3.8, 4) is 18.1 Å². The molecule has 0 aliphatic carbocycles. The zero-order valence-electron chi connectivity index (χ0n) is 21.9. The molecule has 0 saturated carbocycles. The molecular formula is C27H35N3O7S. The summed E-state index contributed by atoms with van der Waals surface area (Å²) in [5.41, 5.74) is 2.62. The van der Waals surface area contributed by atoms with Crippen molar-refractivity contribution < 1.29 is 28.5 Å². The third kappa shape index (κ3) is 9.45. The number of terminal acetylenes is 1. The molecule has 1 atom stereocenters. The molecule has 38 heavy (non-hydrogen) atoms. The number of methoxy groups -OCH3 is 1. The number of aryl methyl sites for hydroxylation is 1. The summed E-state index contributed by atoms with van der Waals surface area (Å²) >= 11 is 1.30. The van der Waals surface area contributed by atoms with Gasteiger partial charge in [0.15, 0.2) is 0 Å². The van der Waals surface area contributed by atoms with Crippen molar-refractivity contribution in [2.45, 2.75) is 31.0 Å². The Morgan fingerprint density at radius 3 is 2.55 bits per heavy atom. The van der Waals surface area contributed by atoms with Crippen molar-refractivity contribution in [1.29, 1.82) is 0 Å². The molecule has 0 radical (unpaired) electrons. The number of aromatic amines is 1. The van der Waals surface area contributed by atoms with Gasteiger partial charge in [-0.1, -0.05) is 23.7 Å². The third-order valence-corrected chi connectivity index (χ3v) is 6.98. The molecule has 2 aromatic rings. The Morgan fingerprint density at radius 1 is 1.13 bits per heavy atom. The van der Waals surface area contributed by atoms with Crippen LogP contribution in [0.5, 0.6) is 5.75 Å². The number of rotatable bonds is 16. The van der Waals surface area contributed by atoms with Crippen LogP contribution in [0.1, 0.15) is 16.7 Å². The predicted molar refractivity (Wildman–Crippen MR) is 143 cm³/mol. The van der Waals surface area contributed by atoms with Gasteiger partial charge in [0.05, 0.1) is 70.2 Å². The summed E-state index contributed by atoms with van der Waals surface area (Å²) in [5.74, 6) is 3.35. The average Bonchev–Trinajstić information content (AvgIpc) is 2.93. The minimum absolute atomic E-state index is 0.0262. The number of carbonyl (C=O) groups is 1. The van der Waals surface area contributed by atoms with E-state index in [9.17, 15) is 9.59 Å². The van der Waals surface area contributed by atoms with Crippen molar-refractivity contribution in [2.75, 3.05) is 65.7 Å². The summed E-state index contributed by atoms with van der Waals surface area (Å²) in [6.07, 6.45) is 7.28. The fourth-order valence-corrected chi connectivity index (χ4v) is 4.78. The fraction of sp³-hybridized carbons (Fsp3) is 0.519. The number of aromatic nitrogens is 2. The molecule has 1 amide bonds. The van der Waals surface area contributed by atoms with Crippen molar-refractivity contribution in [1.82, 2.24) is 14.9 Å². The lowest BCUT2D eigenvalue weighted by Crippen LogP contribution is -2.47. The molecule has 10 nitrogen and oxygen atoms in total. The number of nitrogens with zero attached hydrogens (tertiary/aromatic N) is 2. The summed E-state index contributed by atoms with van der Waals surface area (Å²) in [4.78, 5) is 33.2. The number of thioether (sulfide) groups is 1. The van der Waals surface area contributed by atoms with Crippen LogP contribution in [-0.4, -0.2) is 92.5 Å². The lowest BCUT2D eigenvalue weighted by molar-refractivity contribution is -0.133. The van der Waals surface area contributed by atoms with Crippen molar-refractivity contribution >= 4 is 17.7 Å². The van der Waals surface area contributed by atoms with Gasteiger partial charge in [-0.15, -0.1) is 6.42 Å². The summed E-state index contributed by atoms with van der Waals surface area (Å²) < 4.78 is 27.4. The van der Waals surface area contributed by atoms with E-state index in [-0.39, 0.29) is 24.3 Å². The highest BCUT2D eigenvalue weighted by molar-refractivity contribution is 7.99. The standard InChI is InChI=1S/C27H35N3O7S/c1-4-7-34-8-9-35-10-11-36-12-13-37-18-23-14-22-15-24(33-3)6-5-21(22)17-30(23)25(31)19-38-26-20(2)16-28-27(32)29-26/h1,5-6,15-16,23H,7-14,17-19H2,2-3H3,(H,28,29,32)/t23-/m1/s1. The number of amides is 1. The van der Waals surface area contributed by atoms with E-state index >= 15 is 0 Å². The van der Waals surface area contributed by atoms with Gasteiger partial charge in [-0.2, -0.15) is 0 Å². The highest BCUT2D eigenvalue weighted by Gasteiger charge is 2.30. The lowest BCUT2D eigenvalue weighted by Gasteiger charge is -2.37. The minimum Gasteiger partial charge on any atom is -0.497 e. The Labute approximate surface area is 227 Å². The second-order valence-corrected chi connectivity index (χ2v) is 9.55. The molecule has 11 heteroatoms. The Kier molecular flexibility index (Phi) is 12.6. The van der Waals surface area contributed by atoms with Gasteiger partial charge in [0, 0.05) is 12.7 Å². The second-order valence-electron chi connectivity index (χ2n) is 8.56. The van der Waals surface area contributed by atoms with Gasteiger partial charge in [-0.25, -0.2) is 9.78 Å². The van der Waals surface area contributed by atoms with Crippen LogP contribution in [0.2, 0.25) is 0 Å². The first kappa shape index (κ1) is 29.7. The molecule has 1 aliphatic heterocycles. The molecule has 2 heterocycles. The molecule has 1 N–H and O–H groups in total. The molecule has 1 aromatic carbocycles. The van der Waals surface area contributed by atoms with Gasteiger partial charge in [0.1, 0.15) is 12.4 Å². The lowest BCUT2D eigenvalue weighted by atomic mass is 9.94. The van der Waals surface area contributed by atoms with Crippen LogP contribution in [0.4, 0.5) is 0 Å². The zero-order valence-corrected chi connectivity index (χ0v) is 22.7. The van der Waals surface area contributed by atoms with Crippen LogP contribution in [0, 0.1) is 19.3 Å². The van der Waals surface area contributed by atoms with Crippen LogP contribution in [0.15, 0.2) is 34.2 Å².